The highest BCUT2D eigenvalue weighted by atomic mass is 32.1. The number of hydrogen-bond acceptors (Lipinski definition) is 4. The number of nitrogens with one attached hydrogen (secondary N) is 2. The van der Waals surface area contributed by atoms with Gasteiger partial charge in [0, 0.05) is 31.5 Å². The van der Waals surface area contributed by atoms with E-state index in [1.165, 1.54) is 4.57 Å². The third-order valence-corrected chi connectivity index (χ3v) is 4.33. The fourth-order valence-electron chi connectivity index (χ4n) is 2.69. The van der Waals surface area contributed by atoms with Crippen molar-refractivity contribution in [2.75, 3.05) is 19.0 Å². The van der Waals surface area contributed by atoms with Gasteiger partial charge >= 0.3 is 0 Å². The number of aromatic amines is 1. The molecular weight excluding hydrogens is 350 g/mol. The minimum absolute atomic E-state index is 0.171. The van der Waals surface area contributed by atoms with Crippen LogP contribution in [0, 0.1) is 4.77 Å². The number of ether oxygens (including phenoxy) is 1. The van der Waals surface area contributed by atoms with Gasteiger partial charge in [-0.05, 0) is 49.0 Å². The van der Waals surface area contributed by atoms with E-state index in [0.29, 0.717) is 46.5 Å². The number of rotatable bonds is 6. The Morgan fingerprint density at radius 2 is 2.00 bits per heavy atom. The minimum Gasteiger partial charge on any atom is -0.385 e. The SMILES string of the molecule is COCCCn1c(=S)[nH]c2cc(C(=O)Nc3ccccc3)ccc2c1=O. The Morgan fingerprint density at radius 3 is 2.73 bits per heavy atom. The summed E-state index contributed by atoms with van der Waals surface area (Å²) in [6, 6.07) is 14.1. The van der Waals surface area contributed by atoms with Crippen LogP contribution in [0.3, 0.4) is 0 Å². The molecule has 0 aliphatic rings. The van der Waals surface area contributed by atoms with E-state index in [4.69, 9.17) is 17.0 Å². The molecule has 1 aromatic heterocycles. The predicted octanol–water partition coefficient (Wildman–Crippen LogP) is 3.35. The predicted molar refractivity (Wildman–Crippen MR) is 104 cm³/mol. The van der Waals surface area contributed by atoms with Gasteiger partial charge in [-0.3, -0.25) is 14.2 Å². The molecule has 1 amide bonds. The van der Waals surface area contributed by atoms with Crippen molar-refractivity contribution < 1.29 is 9.53 Å². The van der Waals surface area contributed by atoms with E-state index in [0.717, 1.165) is 0 Å². The first kappa shape index (κ1) is 18.0. The summed E-state index contributed by atoms with van der Waals surface area (Å²) in [6.07, 6.45) is 0.691. The van der Waals surface area contributed by atoms with E-state index in [-0.39, 0.29) is 11.5 Å². The summed E-state index contributed by atoms with van der Waals surface area (Å²) in [5.74, 6) is -0.248. The third kappa shape index (κ3) is 3.89. The Morgan fingerprint density at radius 1 is 1.23 bits per heavy atom. The highest BCUT2D eigenvalue weighted by Gasteiger charge is 2.10. The summed E-state index contributed by atoms with van der Waals surface area (Å²) in [4.78, 5) is 28.1. The third-order valence-electron chi connectivity index (χ3n) is 4.01. The molecule has 0 aliphatic carbocycles. The van der Waals surface area contributed by atoms with Crippen molar-refractivity contribution in [2.24, 2.45) is 0 Å². The number of amides is 1. The molecule has 6 nitrogen and oxygen atoms in total. The lowest BCUT2D eigenvalue weighted by atomic mass is 10.1. The summed E-state index contributed by atoms with van der Waals surface area (Å²) >= 11 is 5.30. The lowest BCUT2D eigenvalue weighted by Crippen LogP contribution is -2.23. The van der Waals surface area contributed by atoms with Gasteiger partial charge in [0.15, 0.2) is 4.77 Å². The Balaban J connectivity index is 1.92. The van der Waals surface area contributed by atoms with Crippen LogP contribution in [0.25, 0.3) is 10.9 Å². The topological polar surface area (TPSA) is 76.1 Å². The number of fused-ring (bicyclic) bond motifs is 1. The number of H-pyrrole nitrogens is 1. The highest BCUT2D eigenvalue weighted by Crippen LogP contribution is 2.13. The van der Waals surface area contributed by atoms with Crippen molar-refractivity contribution in [2.45, 2.75) is 13.0 Å². The van der Waals surface area contributed by atoms with Crippen molar-refractivity contribution in [3.8, 4) is 0 Å². The highest BCUT2D eigenvalue weighted by molar-refractivity contribution is 7.71. The van der Waals surface area contributed by atoms with Gasteiger partial charge in [-0.2, -0.15) is 0 Å². The molecule has 0 radical (unpaired) electrons. The Labute approximate surface area is 155 Å². The van der Waals surface area contributed by atoms with E-state index in [1.54, 1.807) is 25.3 Å². The van der Waals surface area contributed by atoms with Gasteiger partial charge in [-0.25, -0.2) is 0 Å². The number of carbonyl (C=O) groups excluding carboxylic acids is 1. The Bertz CT molecular complexity index is 1040. The van der Waals surface area contributed by atoms with E-state index < -0.39 is 0 Å². The second kappa shape index (κ2) is 8.07. The van der Waals surface area contributed by atoms with Crippen LogP contribution in [0.2, 0.25) is 0 Å². The zero-order chi connectivity index (χ0) is 18.5. The lowest BCUT2D eigenvalue weighted by Gasteiger charge is -2.09. The first-order valence-electron chi connectivity index (χ1n) is 8.22. The molecule has 0 atom stereocenters. The molecule has 0 unspecified atom stereocenters. The van der Waals surface area contributed by atoms with Crippen molar-refractivity contribution in [3.05, 3.63) is 69.2 Å². The molecule has 0 spiro atoms. The average molecular weight is 369 g/mol. The van der Waals surface area contributed by atoms with Gasteiger partial charge in [0.2, 0.25) is 0 Å². The molecular formula is C19H19N3O3S. The van der Waals surface area contributed by atoms with Gasteiger partial charge in [-0.15, -0.1) is 0 Å². The van der Waals surface area contributed by atoms with Crippen molar-refractivity contribution in [1.29, 1.82) is 0 Å². The summed E-state index contributed by atoms with van der Waals surface area (Å²) < 4.78 is 6.86. The van der Waals surface area contributed by atoms with E-state index >= 15 is 0 Å². The number of nitrogens with zero attached hydrogens (tertiary/aromatic N) is 1. The maximum Gasteiger partial charge on any atom is 0.262 e. The molecule has 3 aromatic rings. The number of carbonyl (C=O) groups is 1. The standard InChI is InChI=1S/C19H19N3O3S/c1-25-11-5-10-22-18(24)15-9-8-13(12-16(15)21-19(22)26)17(23)20-14-6-3-2-4-7-14/h2-4,6-9,12H,5,10-11H2,1H3,(H,20,23)(H,21,26). The van der Waals surface area contributed by atoms with E-state index in [2.05, 4.69) is 10.3 Å². The molecule has 0 saturated carbocycles. The molecule has 7 heteroatoms. The van der Waals surface area contributed by atoms with Gasteiger partial charge in [0.05, 0.1) is 10.9 Å². The van der Waals surface area contributed by atoms with Gasteiger partial charge in [-0.1, -0.05) is 18.2 Å². The maximum atomic E-state index is 12.7. The Hall–Kier alpha value is -2.77. The maximum absolute atomic E-state index is 12.7. The second-order valence-electron chi connectivity index (χ2n) is 5.81. The first-order chi connectivity index (χ1) is 12.6. The van der Waals surface area contributed by atoms with E-state index in [9.17, 15) is 9.59 Å². The van der Waals surface area contributed by atoms with Crippen molar-refractivity contribution in [3.63, 3.8) is 0 Å². The van der Waals surface area contributed by atoms with Gasteiger partial charge in [0.1, 0.15) is 0 Å². The molecule has 26 heavy (non-hydrogen) atoms. The number of aromatic nitrogens is 2. The molecule has 0 aliphatic heterocycles. The Kier molecular flexibility index (Phi) is 5.60. The molecule has 0 saturated heterocycles. The van der Waals surface area contributed by atoms with Gasteiger partial charge < -0.3 is 15.0 Å². The zero-order valence-electron chi connectivity index (χ0n) is 14.3. The van der Waals surface area contributed by atoms with Crippen LogP contribution < -0.4 is 10.9 Å². The fraction of sp³-hybridized carbons (Fsp3) is 0.211. The second-order valence-corrected chi connectivity index (χ2v) is 6.20. The minimum atomic E-state index is -0.248. The van der Waals surface area contributed by atoms with Crippen LogP contribution in [0.1, 0.15) is 16.8 Å². The number of para-hydroxylation sites is 1. The van der Waals surface area contributed by atoms with Crippen LogP contribution in [-0.2, 0) is 11.3 Å². The quantitative estimate of drug-likeness (QED) is 0.516. The molecule has 3 rings (SSSR count). The number of benzene rings is 2. The first-order valence-corrected chi connectivity index (χ1v) is 8.63. The zero-order valence-corrected chi connectivity index (χ0v) is 15.1. The number of anilines is 1. The number of methoxy groups -OCH3 is 1. The monoisotopic (exact) mass is 369 g/mol. The smallest absolute Gasteiger partial charge is 0.262 e. The largest absolute Gasteiger partial charge is 0.385 e. The average Bonchev–Trinajstić information content (AvgIpc) is 2.65. The molecule has 2 aromatic carbocycles. The summed E-state index contributed by atoms with van der Waals surface area (Å²) in [6.45, 7) is 1.03. The van der Waals surface area contributed by atoms with Crippen LogP contribution in [0.15, 0.2) is 53.3 Å². The fourth-order valence-corrected chi connectivity index (χ4v) is 2.97. The summed E-state index contributed by atoms with van der Waals surface area (Å²) in [5.41, 5.74) is 1.53. The van der Waals surface area contributed by atoms with Gasteiger partial charge in [0.25, 0.3) is 11.5 Å². The van der Waals surface area contributed by atoms with Crippen LogP contribution in [0.5, 0.6) is 0 Å². The van der Waals surface area contributed by atoms with Crippen molar-refractivity contribution >= 4 is 34.7 Å². The van der Waals surface area contributed by atoms with Crippen LogP contribution >= 0.6 is 12.2 Å². The molecule has 0 bridgehead atoms. The number of hydrogen-bond donors (Lipinski definition) is 2. The van der Waals surface area contributed by atoms with Crippen LogP contribution in [-0.4, -0.2) is 29.2 Å². The van der Waals surface area contributed by atoms with Crippen LogP contribution in [0.4, 0.5) is 5.69 Å². The van der Waals surface area contributed by atoms with Crippen molar-refractivity contribution in [1.82, 2.24) is 9.55 Å². The normalized spacial score (nSPS) is 10.8. The van der Waals surface area contributed by atoms with E-state index in [1.807, 2.05) is 30.3 Å². The molecule has 0 fully saturated rings. The lowest BCUT2D eigenvalue weighted by molar-refractivity contribution is 0.102. The molecule has 1 heterocycles. The molecule has 2 N–H and O–H groups in total. The summed E-state index contributed by atoms with van der Waals surface area (Å²) in [5, 5.41) is 3.31. The molecule has 134 valence electrons. The summed E-state index contributed by atoms with van der Waals surface area (Å²) in [7, 11) is 1.62.